The van der Waals surface area contributed by atoms with E-state index in [1.54, 1.807) is 0 Å². The van der Waals surface area contributed by atoms with Crippen LogP contribution in [0.25, 0.3) is 54.8 Å². The first-order chi connectivity index (χ1) is 30.8. The van der Waals surface area contributed by atoms with Crippen LogP contribution < -0.4 is 9.80 Å². The number of nitrogens with zero attached hydrogens (tertiary/aromatic N) is 2. The van der Waals surface area contributed by atoms with E-state index < -0.39 is 5.41 Å². The average molecular weight is 791 g/mol. The number of rotatable bonds is 6. The van der Waals surface area contributed by atoms with E-state index in [0.29, 0.717) is 0 Å². The van der Waals surface area contributed by atoms with E-state index in [9.17, 15) is 0 Å². The van der Waals surface area contributed by atoms with Crippen molar-refractivity contribution in [2.75, 3.05) is 9.80 Å². The van der Waals surface area contributed by atoms with Crippen molar-refractivity contribution >= 4 is 66.6 Å². The maximum absolute atomic E-state index is 7.29. The molecule has 0 aliphatic heterocycles. The summed E-state index contributed by atoms with van der Waals surface area (Å²) in [4.78, 5) is 4.86. The molecular weight excluding hydrogens is 753 g/mol. The second-order valence-electron chi connectivity index (χ2n) is 16.4. The zero-order valence-electron chi connectivity index (χ0n) is 33.7. The van der Waals surface area contributed by atoms with Crippen LogP contribution in [-0.2, 0) is 5.41 Å². The number of hydrogen-bond donors (Lipinski definition) is 0. The van der Waals surface area contributed by atoms with Gasteiger partial charge in [-0.1, -0.05) is 164 Å². The minimum atomic E-state index is -0.761. The summed E-state index contributed by atoms with van der Waals surface area (Å²) in [6.07, 6.45) is 0. The third-order valence-electron chi connectivity index (χ3n) is 13.2. The Hall–Kier alpha value is -8.14. The van der Waals surface area contributed by atoms with Crippen LogP contribution in [-0.4, -0.2) is 0 Å². The molecule has 0 saturated heterocycles. The van der Waals surface area contributed by atoms with Gasteiger partial charge in [-0.15, -0.1) is 0 Å². The molecule has 0 fully saturated rings. The van der Waals surface area contributed by atoms with Gasteiger partial charge in [0.15, 0.2) is 0 Å². The highest BCUT2D eigenvalue weighted by molar-refractivity contribution is 6.08. The molecule has 0 N–H and O–H groups in total. The van der Waals surface area contributed by atoms with E-state index in [-0.39, 0.29) is 0 Å². The normalized spacial score (nSPS) is 14.5. The van der Waals surface area contributed by atoms with Gasteiger partial charge in [0.2, 0.25) is 0 Å². The fraction of sp³-hybridized carbons (Fsp3) is 0.0169. The molecule has 2 aliphatic carbocycles. The molecule has 13 rings (SSSR count). The van der Waals surface area contributed by atoms with Gasteiger partial charge in [0.1, 0.15) is 16.8 Å². The molecule has 0 saturated carbocycles. The molecule has 0 radical (unpaired) electrons. The Bertz CT molecular complexity index is 3550. The van der Waals surface area contributed by atoms with Gasteiger partial charge in [-0.25, -0.2) is 0 Å². The van der Waals surface area contributed by atoms with Crippen molar-refractivity contribution in [3.05, 3.63) is 253 Å². The quantitative estimate of drug-likeness (QED) is 0.167. The molecule has 11 aromatic rings. The number of para-hydroxylation sites is 3. The van der Waals surface area contributed by atoms with E-state index in [1.807, 2.05) is 0 Å². The lowest BCUT2D eigenvalue weighted by molar-refractivity contribution is 0.507. The molecule has 1 atom stereocenters. The molecule has 0 bridgehead atoms. The highest BCUT2D eigenvalue weighted by Gasteiger charge is 2.56. The predicted octanol–water partition coefficient (Wildman–Crippen LogP) is 16.0. The fourth-order valence-electron chi connectivity index (χ4n) is 10.7. The molecule has 3 heteroatoms. The van der Waals surface area contributed by atoms with Gasteiger partial charge in [0, 0.05) is 44.6 Å². The van der Waals surface area contributed by atoms with Crippen molar-refractivity contribution in [2.24, 2.45) is 0 Å². The summed E-state index contributed by atoms with van der Waals surface area (Å²) in [7, 11) is 0. The van der Waals surface area contributed by atoms with Crippen molar-refractivity contribution < 1.29 is 4.42 Å². The SMILES string of the molecule is c1ccc(N(c2ccc3c(c2)-c2ccccc2C32c3oc4ccccc4c3-c3cccc(N(c4ccccc4)c4cccc5ccccc45)c32)c2ccc3ccccc3c2)cc1. The van der Waals surface area contributed by atoms with Crippen LogP contribution >= 0.6 is 0 Å². The molecule has 62 heavy (non-hydrogen) atoms. The summed E-state index contributed by atoms with van der Waals surface area (Å²) < 4.78 is 7.29. The van der Waals surface area contributed by atoms with Crippen molar-refractivity contribution in [3.63, 3.8) is 0 Å². The largest absolute Gasteiger partial charge is 0.459 e. The van der Waals surface area contributed by atoms with Crippen LogP contribution in [0.5, 0.6) is 0 Å². The highest BCUT2D eigenvalue weighted by atomic mass is 16.3. The number of anilines is 6. The van der Waals surface area contributed by atoms with Gasteiger partial charge in [0.25, 0.3) is 0 Å². The van der Waals surface area contributed by atoms with Gasteiger partial charge < -0.3 is 14.2 Å². The first-order valence-corrected chi connectivity index (χ1v) is 21.3. The van der Waals surface area contributed by atoms with Crippen molar-refractivity contribution in [1.82, 2.24) is 0 Å². The third-order valence-corrected chi connectivity index (χ3v) is 13.2. The van der Waals surface area contributed by atoms with Crippen molar-refractivity contribution in [3.8, 4) is 22.3 Å². The molecule has 1 unspecified atom stereocenters. The van der Waals surface area contributed by atoms with Gasteiger partial charge in [-0.2, -0.15) is 0 Å². The summed E-state index contributed by atoms with van der Waals surface area (Å²) in [5.74, 6) is 0.973. The number of furan rings is 1. The van der Waals surface area contributed by atoms with Crippen molar-refractivity contribution in [1.29, 1.82) is 0 Å². The van der Waals surface area contributed by atoms with E-state index in [4.69, 9.17) is 4.42 Å². The topological polar surface area (TPSA) is 19.6 Å². The zero-order valence-corrected chi connectivity index (χ0v) is 33.7. The molecule has 0 amide bonds. The standard InChI is InChI=1S/C59H38N2O/c1-3-21-42(22-4-1)60(44-34-33-39-17-7-8-19-41(39)37-44)45-35-36-52-50(38-45)47-26-11-13-29-51(47)59(52)57-49(56-48-27-12-14-32-55(48)62-58(56)59)28-16-31-54(57)61(43-23-5-2-6-24-43)53-30-15-20-40-18-9-10-25-46(40)53/h1-38H. The average Bonchev–Trinajstić information content (AvgIpc) is 3.96. The predicted molar refractivity (Wildman–Crippen MR) is 257 cm³/mol. The third kappa shape index (κ3) is 4.88. The van der Waals surface area contributed by atoms with Crippen LogP contribution in [0.1, 0.15) is 22.5 Å². The molecule has 1 aromatic heterocycles. The van der Waals surface area contributed by atoms with E-state index >= 15 is 0 Å². The molecule has 2 aliphatic rings. The smallest absolute Gasteiger partial charge is 0.135 e. The summed E-state index contributed by atoms with van der Waals surface area (Å²) in [5.41, 5.74) is 15.2. The first-order valence-electron chi connectivity index (χ1n) is 21.3. The Balaban J connectivity index is 1.12. The number of fused-ring (bicyclic) bond motifs is 14. The number of benzene rings is 10. The summed E-state index contributed by atoms with van der Waals surface area (Å²) in [6.45, 7) is 0. The lowest BCUT2D eigenvalue weighted by Crippen LogP contribution is -2.28. The lowest BCUT2D eigenvalue weighted by atomic mass is 9.72. The second-order valence-corrected chi connectivity index (χ2v) is 16.4. The van der Waals surface area contributed by atoms with Gasteiger partial charge >= 0.3 is 0 Å². The summed E-state index contributed by atoms with van der Waals surface area (Å²) in [6, 6.07) is 83.8. The Morgan fingerprint density at radius 3 is 1.76 bits per heavy atom. The van der Waals surface area contributed by atoms with Crippen LogP contribution in [0.3, 0.4) is 0 Å². The van der Waals surface area contributed by atoms with Crippen LogP contribution in [0.2, 0.25) is 0 Å². The fourth-order valence-corrected chi connectivity index (χ4v) is 10.7. The Morgan fingerprint density at radius 1 is 0.339 bits per heavy atom. The maximum atomic E-state index is 7.29. The molecule has 290 valence electrons. The molecule has 1 spiro atoms. The first kappa shape index (κ1) is 34.7. The lowest BCUT2D eigenvalue weighted by Gasteiger charge is -2.35. The van der Waals surface area contributed by atoms with E-state index in [2.05, 4.69) is 240 Å². The van der Waals surface area contributed by atoms with Crippen molar-refractivity contribution in [2.45, 2.75) is 5.41 Å². The summed E-state index contributed by atoms with van der Waals surface area (Å²) >= 11 is 0. The van der Waals surface area contributed by atoms with Gasteiger partial charge in [-0.05, 0) is 111 Å². The zero-order chi connectivity index (χ0) is 40.8. The van der Waals surface area contributed by atoms with Crippen LogP contribution in [0.15, 0.2) is 235 Å². The molecule has 3 nitrogen and oxygen atoms in total. The van der Waals surface area contributed by atoms with E-state index in [1.165, 1.54) is 54.9 Å². The highest BCUT2D eigenvalue weighted by Crippen LogP contribution is 2.67. The minimum absolute atomic E-state index is 0.761. The number of hydrogen-bond acceptors (Lipinski definition) is 3. The van der Waals surface area contributed by atoms with Crippen LogP contribution in [0.4, 0.5) is 34.1 Å². The minimum Gasteiger partial charge on any atom is -0.459 e. The molecular formula is C59H38N2O. The maximum Gasteiger partial charge on any atom is 0.135 e. The molecule has 10 aromatic carbocycles. The monoisotopic (exact) mass is 790 g/mol. The Kier molecular flexibility index (Phi) is 7.52. The Labute approximate surface area is 360 Å². The van der Waals surface area contributed by atoms with Gasteiger partial charge in [-0.3, -0.25) is 0 Å². The molecule has 1 heterocycles. The second kappa shape index (κ2) is 13.4. The van der Waals surface area contributed by atoms with Gasteiger partial charge in [0.05, 0.1) is 11.4 Å². The van der Waals surface area contributed by atoms with Crippen LogP contribution in [0, 0.1) is 0 Å². The summed E-state index contributed by atoms with van der Waals surface area (Å²) in [5, 5.41) is 5.95. The van der Waals surface area contributed by atoms with E-state index in [0.717, 1.165) is 56.4 Å². The Morgan fingerprint density at radius 2 is 0.919 bits per heavy atom.